The molecule has 0 saturated carbocycles. The predicted molar refractivity (Wildman–Crippen MR) is 94.2 cm³/mol. The predicted octanol–water partition coefficient (Wildman–Crippen LogP) is 3.56. The van der Waals surface area contributed by atoms with Crippen LogP contribution in [0.25, 0.3) is 0 Å². The molecule has 5 heteroatoms. The lowest BCUT2D eigenvalue weighted by molar-refractivity contribution is -0.123. The van der Waals surface area contributed by atoms with Crippen molar-refractivity contribution in [3.63, 3.8) is 0 Å². The average molecular weight is 411 g/mol. The second-order valence-electron chi connectivity index (χ2n) is 4.80. The van der Waals surface area contributed by atoms with Crippen molar-refractivity contribution in [3.05, 3.63) is 57.7 Å². The fraction of sp³-hybridized carbons (Fsp3) is 0.235. The van der Waals surface area contributed by atoms with Crippen LogP contribution in [0.5, 0.6) is 11.5 Å². The van der Waals surface area contributed by atoms with Crippen LogP contribution in [-0.4, -0.2) is 19.6 Å². The van der Waals surface area contributed by atoms with Crippen molar-refractivity contribution in [1.29, 1.82) is 0 Å². The summed E-state index contributed by atoms with van der Waals surface area (Å²) in [6, 6.07) is 15.1. The van der Waals surface area contributed by atoms with Crippen LogP contribution in [0, 0.1) is 3.57 Å². The Morgan fingerprint density at radius 1 is 1.09 bits per heavy atom. The highest BCUT2D eigenvalue weighted by atomic mass is 127. The van der Waals surface area contributed by atoms with Gasteiger partial charge in [0.05, 0.1) is 13.2 Å². The zero-order chi connectivity index (χ0) is 15.9. The first-order valence-electron chi connectivity index (χ1n) is 6.90. The van der Waals surface area contributed by atoms with Crippen LogP contribution in [0.3, 0.4) is 0 Å². The first kappa shape index (κ1) is 16.6. The lowest BCUT2D eigenvalue weighted by atomic mass is 10.1. The Kier molecular flexibility index (Phi) is 6.06. The molecule has 0 radical (unpaired) electrons. The van der Waals surface area contributed by atoms with E-state index in [9.17, 15) is 4.79 Å². The molecule has 0 heterocycles. The molecule has 0 spiro atoms. The monoisotopic (exact) mass is 411 g/mol. The molecule has 22 heavy (non-hydrogen) atoms. The third-order valence-corrected chi connectivity index (χ3v) is 3.90. The van der Waals surface area contributed by atoms with E-state index in [1.165, 1.54) is 0 Å². The van der Waals surface area contributed by atoms with Gasteiger partial charge < -0.3 is 14.8 Å². The summed E-state index contributed by atoms with van der Waals surface area (Å²) in [5, 5.41) is 2.91. The minimum Gasteiger partial charge on any atom is -0.497 e. The van der Waals surface area contributed by atoms with Gasteiger partial charge in [-0.15, -0.1) is 0 Å². The van der Waals surface area contributed by atoms with Crippen molar-refractivity contribution in [1.82, 2.24) is 5.32 Å². The van der Waals surface area contributed by atoms with Crippen molar-refractivity contribution in [2.24, 2.45) is 0 Å². The number of ether oxygens (including phenoxy) is 2. The largest absolute Gasteiger partial charge is 0.497 e. The van der Waals surface area contributed by atoms with Gasteiger partial charge in [-0.2, -0.15) is 0 Å². The number of benzene rings is 2. The van der Waals surface area contributed by atoms with Gasteiger partial charge in [0.15, 0.2) is 6.61 Å². The van der Waals surface area contributed by atoms with Gasteiger partial charge in [-0.1, -0.05) is 12.1 Å². The minimum atomic E-state index is -0.151. The van der Waals surface area contributed by atoms with Gasteiger partial charge in [-0.05, 0) is 71.5 Å². The Morgan fingerprint density at radius 2 is 1.68 bits per heavy atom. The first-order chi connectivity index (χ1) is 10.6. The van der Waals surface area contributed by atoms with Gasteiger partial charge in [0.1, 0.15) is 11.5 Å². The van der Waals surface area contributed by atoms with E-state index in [0.717, 1.165) is 14.9 Å². The Balaban J connectivity index is 1.83. The highest BCUT2D eigenvalue weighted by Crippen LogP contribution is 2.17. The number of carbonyl (C=O) groups excluding carboxylic acids is 1. The standard InChI is InChI=1S/C17H18INO3/c1-12(13-3-7-15(21-2)8-4-13)19-17(20)11-22-16-9-5-14(18)6-10-16/h3-10,12H,11H2,1-2H3,(H,19,20)/t12-/m1/s1. The molecule has 1 N–H and O–H groups in total. The zero-order valence-electron chi connectivity index (χ0n) is 12.5. The van der Waals surface area contributed by atoms with Crippen LogP contribution in [0.4, 0.5) is 0 Å². The fourth-order valence-electron chi connectivity index (χ4n) is 1.94. The molecule has 1 atom stereocenters. The zero-order valence-corrected chi connectivity index (χ0v) is 14.7. The van der Waals surface area contributed by atoms with E-state index in [-0.39, 0.29) is 18.6 Å². The number of rotatable bonds is 6. The van der Waals surface area contributed by atoms with Crippen LogP contribution < -0.4 is 14.8 Å². The molecule has 116 valence electrons. The van der Waals surface area contributed by atoms with Crippen molar-refractivity contribution in [2.75, 3.05) is 13.7 Å². The first-order valence-corrected chi connectivity index (χ1v) is 7.98. The second-order valence-corrected chi connectivity index (χ2v) is 6.05. The molecule has 2 aromatic rings. The lowest BCUT2D eigenvalue weighted by Gasteiger charge is -2.15. The second kappa shape index (κ2) is 8.03. The molecule has 1 amide bonds. The van der Waals surface area contributed by atoms with E-state index in [1.54, 1.807) is 7.11 Å². The molecule has 2 aromatic carbocycles. The van der Waals surface area contributed by atoms with E-state index in [0.29, 0.717) is 5.75 Å². The smallest absolute Gasteiger partial charge is 0.258 e. The van der Waals surface area contributed by atoms with Crippen LogP contribution in [0.1, 0.15) is 18.5 Å². The molecule has 0 fully saturated rings. The highest BCUT2D eigenvalue weighted by Gasteiger charge is 2.10. The van der Waals surface area contributed by atoms with E-state index in [4.69, 9.17) is 9.47 Å². The molecular weight excluding hydrogens is 393 g/mol. The molecule has 0 aliphatic carbocycles. The lowest BCUT2D eigenvalue weighted by Crippen LogP contribution is -2.31. The van der Waals surface area contributed by atoms with Gasteiger partial charge in [0, 0.05) is 3.57 Å². The van der Waals surface area contributed by atoms with E-state index >= 15 is 0 Å². The summed E-state index contributed by atoms with van der Waals surface area (Å²) >= 11 is 2.22. The summed E-state index contributed by atoms with van der Waals surface area (Å²) in [7, 11) is 1.63. The number of amides is 1. The van der Waals surface area contributed by atoms with Crippen LogP contribution >= 0.6 is 22.6 Å². The van der Waals surface area contributed by atoms with Gasteiger partial charge in [0.2, 0.25) is 0 Å². The third-order valence-electron chi connectivity index (χ3n) is 3.18. The number of carbonyl (C=O) groups is 1. The van der Waals surface area contributed by atoms with Gasteiger partial charge in [0.25, 0.3) is 5.91 Å². The molecule has 0 aromatic heterocycles. The van der Waals surface area contributed by atoms with Crippen LogP contribution in [-0.2, 0) is 4.79 Å². The summed E-state index contributed by atoms with van der Waals surface area (Å²) in [6.45, 7) is 1.94. The molecule has 0 unspecified atom stereocenters. The average Bonchev–Trinajstić information content (AvgIpc) is 2.54. The maximum atomic E-state index is 11.9. The number of halogens is 1. The number of methoxy groups -OCH3 is 1. The van der Waals surface area contributed by atoms with E-state index in [2.05, 4.69) is 27.9 Å². The summed E-state index contributed by atoms with van der Waals surface area (Å²) in [6.07, 6.45) is 0. The van der Waals surface area contributed by atoms with Gasteiger partial charge in [-0.25, -0.2) is 0 Å². The Labute approximate surface area is 144 Å². The van der Waals surface area contributed by atoms with Crippen molar-refractivity contribution < 1.29 is 14.3 Å². The maximum absolute atomic E-state index is 11.9. The van der Waals surface area contributed by atoms with Gasteiger partial charge >= 0.3 is 0 Å². The van der Waals surface area contributed by atoms with Gasteiger partial charge in [-0.3, -0.25) is 4.79 Å². The number of hydrogen-bond acceptors (Lipinski definition) is 3. The molecule has 0 aliphatic heterocycles. The SMILES string of the molecule is COc1ccc([C@@H](C)NC(=O)COc2ccc(I)cc2)cc1. The van der Waals surface area contributed by atoms with Crippen molar-refractivity contribution in [2.45, 2.75) is 13.0 Å². The summed E-state index contributed by atoms with van der Waals surface area (Å²) in [5.74, 6) is 1.33. The maximum Gasteiger partial charge on any atom is 0.258 e. The molecule has 2 rings (SSSR count). The Morgan fingerprint density at radius 3 is 2.27 bits per heavy atom. The molecule has 0 saturated heterocycles. The fourth-order valence-corrected chi connectivity index (χ4v) is 2.30. The molecular formula is C17H18INO3. The van der Waals surface area contributed by atoms with Crippen LogP contribution in [0.15, 0.2) is 48.5 Å². The Hall–Kier alpha value is -1.76. The third kappa shape index (κ3) is 4.91. The summed E-state index contributed by atoms with van der Waals surface area (Å²) < 4.78 is 11.7. The molecule has 0 bridgehead atoms. The Bertz CT molecular complexity index is 611. The summed E-state index contributed by atoms with van der Waals surface area (Å²) in [5.41, 5.74) is 1.02. The normalized spacial score (nSPS) is 11.6. The minimum absolute atomic E-state index is 0.00108. The van der Waals surface area contributed by atoms with Crippen LogP contribution in [0.2, 0.25) is 0 Å². The topological polar surface area (TPSA) is 47.6 Å². The van der Waals surface area contributed by atoms with E-state index in [1.807, 2.05) is 55.5 Å². The molecule has 0 aliphatic rings. The van der Waals surface area contributed by atoms with E-state index < -0.39 is 0 Å². The molecule has 4 nitrogen and oxygen atoms in total. The quantitative estimate of drug-likeness (QED) is 0.740. The number of nitrogens with one attached hydrogen (secondary N) is 1. The summed E-state index contributed by atoms with van der Waals surface area (Å²) in [4.78, 5) is 11.9. The highest BCUT2D eigenvalue weighted by molar-refractivity contribution is 14.1. The van der Waals surface area contributed by atoms with Crippen molar-refractivity contribution in [3.8, 4) is 11.5 Å². The van der Waals surface area contributed by atoms with Crippen molar-refractivity contribution >= 4 is 28.5 Å². The number of hydrogen-bond donors (Lipinski definition) is 1.